The van der Waals surface area contributed by atoms with Crippen molar-refractivity contribution in [1.29, 1.82) is 0 Å². The summed E-state index contributed by atoms with van der Waals surface area (Å²) in [5, 5.41) is 2.96. The van der Waals surface area contributed by atoms with E-state index >= 15 is 0 Å². The summed E-state index contributed by atoms with van der Waals surface area (Å²) in [6.45, 7) is 4.68. The molecule has 0 aliphatic rings. The van der Waals surface area contributed by atoms with Crippen LogP contribution in [0.2, 0.25) is 0 Å². The Kier molecular flexibility index (Phi) is 8.13. The van der Waals surface area contributed by atoms with E-state index in [-0.39, 0.29) is 0 Å². The van der Waals surface area contributed by atoms with Gasteiger partial charge in [-0.1, -0.05) is 24.4 Å². The molecule has 0 rings (SSSR count). The van der Waals surface area contributed by atoms with Gasteiger partial charge in [0.1, 0.15) is 8.64 Å². The molecule has 0 bridgehead atoms. The minimum atomic E-state index is 0.538. The fourth-order valence-corrected chi connectivity index (χ4v) is 1.53. The molecule has 0 amide bonds. The van der Waals surface area contributed by atoms with Gasteiger partial charge in [0.25, 0.3) is 0 Å². The van der Waals surface area contributed by atoms with E-state index < -0.39 is 0 Å². The van der Waals surface area contributed by atoms with Crippen molar-refractivity contribution >= 4 is 58.3 Å². The van der Waals surface area contributed by atoms with Crippen LogP contribution < -0.4 is 5.32 Å². The maximum absolute atomic E-state index is 4.95. The molecule has 76 valence electrons. The molecule has 0 unspecified atom stereocenters. The van der Waals surface area contributed by atoms with Gasteiger partial charge in [-0.25, -0.2) is 0 Å². The molecule has 0 aliphatic heterocycles. The Morgan fingerprint density at radius 3 is 2.38 bits per heavy atom. The van der Waals surface area contributed by atoms with Crippen LogP contribution >= 0.6 is 49.7 Å². The first-order valence-electron chi connectivity index (χ1n) is 4.02. The van der Waals surface area contributed by atoms with Crippen LogP contribution in [0.4, 0.5) is 0 Å². The number of hydrogen-bond acceptors (Lipinski definition) is 2. The van der Waals surface area contributed by atoms with Gasteiger partial charge < -0.3 is 10.2 Å². The van der Waals surface area contributed by atoms with Gasteiger partial charge in [0.05, 0.1) is 0 Å². The van der Waals surface area contributed by atoms with Crippen LogP contribution in [0.1, 0.15) is 13.3 Å². The maximum atomic E-state index is 4.95. The molecule has 0 spiro atoms. The van der Waals surface area contributed by atoms with Gasteiger partial charge in [0.2, 0.25) is 0 Å². The highest BCUT2D eigenvalue weighted by Crippen LogP contribution is 1.97. The largest absolute Gasteiger partial charge is 0.371 e. The van der Waals surface area contributed by atoms with Crippen molar-refractivity contribution in [3.8, 4) is 0 Å². The highest BCUT2D eigenvalue weighted by atomic mass is 32.1. The summed E-state index contributed by atoms with van der Waals surface area (Å²) in [4.78, 5) is 2.03. The quantitative estimate of drug-likeness (QED) is 0.393. The third-order valence-corrected chi connectivity index (χ3v) is 2.38. The zero-order valence-electron chi connectivity index (χ0n) is 7.49. The molecule has 0 atom stereocenters. The number of thiocarbonyl (C=S) groups is 2. The van der Waals surface area contributed by atoms with Gasteiger partial charge in [0, 0.05) is 19.6 Å². The third-order valence-electron chi connectivity index (χ3n) is 1.53. The van der Waals surface area contributed by atoms with Crippen molar-refractivity contribution in [1.82, 2.24) is 10.2 Å². The van der Waals surface area contributed by atoms with Crippen molar-refractivity contribution < 1.29 is 0 Å². The first-order chi connectivity index (χ1) is 6.07. The van der Waals surface area contributed by atoms with E-state index in [1.807, 2.05) is 4.90 Å². The minimum absolute atomic E-state index is 0.538. The summed E-state index contributed by atoms with van der Waals surface area (Å²) in [5.41, 5.74) is 0. The fraction of sp³-hybridized carbons (Fsp3) is 0.714. The summed E-state index contributed by atoms with van der Waals surface area (Å²) in [6, 6.07) is 0. The van der Waals surface area contributed by atoms with Crippen LogP contribution in [0.25, 0.3) is 0 Å². The molecular weight excluding hydrogens is 240 g/mol. The lowest BCUT2D eigenvalue weighted by atomic mass is 10.4. The number of hydrogen-bond donors (Lipinski definition) is 3. The molecule has 0 aromatic carbocycles. The Balaban J connectivity index is 3.50. The number of nitrogens with one attached hydrogen (secondary N) is 1. The average molecular weight is 254 g/mol. The second kappa shape index (κ2) is 7.84. The standard InChI is InChI=1S/C7H14N2S4/c1-2-9(7(12)13)5-3-4-8-6(10)11/h2-5H2,1H3,(H,12,13)(H2,8,10,11). The second-order valence-corrected chi connectivity index (χ2v) is 4.72. The second-order valence-electron chi connectivity index (χ2n) is 2.45. The third kappa shape index (κ3) is 7.54. The Morgan fingerprint density at radius 2 is 2.00 bits per heavy atom. The zero-order valence-corrected chi connectivity index (χ0v) is 10.9. The number of thiol groups is 2. The predicted octanol–water partition coefficient (Wildman–Crippen LogP) is 1.72. The lowest BCUT2D eigenvalue weighted by Gasteiger charge is -2.20. The Labute approximate surface area is 101 Å². The van der Waals surface area contributed by atoms with Crippen molar-refractivity contribution in [2.75, 3.05) is 19.6 Å². The SMILES string of the molecule is CCN(CCCNC(=S)S)C(=S)S. The molecule has 0 heterocycles. The summed E-state index contributed by atoms with van der Waals surface area (Å²) in [6.07, 6.45) is 0.981. The van der Waals surface area contributed by atoms with Gasteiger partial charge in [0.15, 0.2) is 0 Å². The Bertz CT molecular complexity index is 183. The van der Waals surface area contributed by atoms with Crippen LogP contribution in [-0.4, -0.2) is 33.2 Å². The van der Waals surface area contributed by atoms with E-state index in [4.69, 9.17) is 24.4 Å². The lowest BCUT2D eigenvalue weighted by molar-refractivity contribution is 0.445. The summed E-state index contributed by atoms with van der Waals surface area (Å²) >= 11 is 17.8. The minimum Gasteiger partial charge on any atom is -0.371 e. The molecule has 0 aliphatic carbocycles. The van der Waals surface area contributed by atoms with Gasteiger partial charge in [-0.2, -0.15) is 0 Å². The fourth-order valence-electron chi connectivity index (χ4n) is 0.854. The normalized spacial score (nSPS) is 9.46. The van der Waals surface area contributed by atoms with Crippen LogP contribution in [0.5, 0.6) is 0 Å². The van der Waals surface area contributed by atoms with Crippen molar-refractivity contribution in [2.24, 2.45) is 0 Å². The summed E-state index contributed by atoms with van der Waals surface area (Å²) in [5.74, 6) is 0. The summed E-state index contributed by atoms with van der Waals surface area (Å²) in [7, 11) is 0. The van der Waals surface area contributed by atoms with Crippen LogP contribution in [-0.2, 0) is 0 Å². The van der Waals surface area contributed by atoms with E-state index in [9.17, 15) is 0 Å². The molecule has 0 radical (unpaired) electrons. The zero-order chi connectivity index (χ0) is 10.3. The molecule has 1 N–H and O–H groups in total. The number of nitrogens with zero attached hydrogens (tertiary/aromatic N) is 1. The van der Waals surface area contributed by atoms with E-state index in [1.54, 1.807) is 0 Å². The van der Waals surface area contributed by atoms with Crippen molar-refractivity contribution in [3.05, 3.63) is 0 Å². The smallest absolute Gasteiger partial charge is 0.133 e. The predicted molar refractivity (Wildman–Crippen MR) is 73.0 cm³/mol. The number of rotatable bonds is 5. The molecular formula is C7H14N2S4. The highest BCUT2D eigenvalue weighted by Gasteiger charge is 2.01. The van der Waals surface area contributed by atoms with Gasteiger partial charge in [-0.05, 0) is 13.3 Å². The van der Waals surface area contributed by atoms with Crippen LogP contribution in [0, 0.1) is 0 Å². The van der Waals surface area contributed by atoms with E-state index in [1.165, 1.54) is 0 Å². The van der Waals surface area contributed by atoms with Crippen LogP contribution in [0.3, 0.4) is 0 Å². The first kappa shape index (κ1) is 13.5. The highest BCUT2D eigenvalue weighted by molar-refractivity contribution is 8.11. The van der Waals surface area contributed by atoms with E-state index in [2.05, 4.69) is 37.5 Å². The molecule has 2 nitrogen and oxygen atoms in total. The maximum Gasteiger partial charge on any atom is 0.133 e. The average Bonchev–Trinajstić information content (AvgIpc) is 2.03. The molecule has 0 saturated heterocycles. The van der Waals surface area contributed by atoms with E-state index in [0.29, 0.717) is 8.64 Å². The van der Waals surface area contributed by atoms with Crippen LogP contribution in [0.15, 0.2) is 0 Å². The Hall–Kier alpha value is 0.480. The molecule has 0 aromatic heterocycles. The topological polar surface area (TPSA) is 15.3 Å². The van der Waals surface area contributed by atoms with Gasteiger partial charge in [-0.15, -0.1) is 25.3 Å². The lowest BCUT2D eigenvalue weighted by Crippen LogP contribution is -2.29. The molecule has 13 heavy (non-hydrogen) atoms. The van der Waals surface area contributed by atoms with E-state index in [0.717, 1.165) is 26.1 Å². The summed E-state index contributed by atoms with van der Waals surface area (Å²) < 4.78 is 1.19. The monoisotopic (exact) mass is 254 g/mol. The van der Waals surface area contributed by atoms with Crippen molar-refractivity contribution in [2.45, 2.75) is 13.3 Å². The van der Waals surface area contributed by atoms with Crippen molar-refractivity contribution in [3.63, 3.8) is 0 Å². The molecule has 0 fully saturated rings. The van der Waals surface area contributed by atoms with Gasteiger partial charge in [-0.3, -0.25) is 0 Å². The molecule has 0 aromatic rings. The molecule has 0 saturated carbocycles. The first-order valence-corrected chi connectivity index (χ1v) is 5.73. The van der Waals surface area contributed by atoms with Gasteiger partial charge >= 0.3 is 0 Å². The molecule has 6 heteroatoms. The Morgan fingerprint density at radius 1 is 1.38 bits per heavy atom.